The van der Waals surface area contributed by atoms with Crippen molar-refractivity contribution in [1.82, 2.24) is 14.7 Å². The van der Waals surface area contributed by atoms with Crippen LogP contribution in [0.4, 0.5) is 0 Å². The highest BCUT2D eigenvalue weighted by Crippen LogP contribution is 2.27. The van der Waals surface area contributed by atoms with Gasteiger partial charge in [-0.15, -0.1) is 0 Å². The molecule has 13 nitrogen and oxygen atoms in total. The Hall–Kier alpha value is -3.22. The van der Waals surface area contributed by atoms with Crippen molar-refractivity contribution in [3.63, 3.8) is 0 Å². The number of hydrogen-bond donors (Lipinski definition) is 1. The Labute approximate surface area is 287 Å². The maximum absolute atomic E-state index is 14.1. The van der Waals surface area contributed by atoms with Crippen molar-refractivity contribution in [1.29, 1.82) is 0 Å². The van der Waals surface area contributed by atoms with Gasteiger partial charge in [-0.2, -0.15) is 0 Å². The summed E-state index contributed by atoms with van der Waals surface area (Å²) < 4.78 is 17.5. The maximum atomic E-state index is 14.1. The molecule has 1 saturated heterocycles. The largest absolute Gasteiger partial charge is 0.450 e. The van der Waals surface area contributed by atoms with Gasteiger partial charge in [-0.1, -0.05) is 76.2 Å². The molecule has 0 aromatic rings. The molecule has 0 aliphatic carbocycles. The zero-order chi connectivity index (χ0) is 37.6. The molecule has 1 aliphatic rings. The summed E-state index contributed by atoms with van der Waals surface area (Å²) in [6.45, 7) is 20.1. The smallest absolute Gasteiger partial charge is 0.330 e. The van der Waals surface area contributed by atoms with Gasteiger partial charge in [0.05, 0.1) is 0 Å². The van der Waals surface area contributed by atoms with Gasteiger partial charge in [-0.25, -0.2) is 14.4 Å². The zero-order valence-electron chi connectivity index (χ0n) is 31.7. The molecule has 1 rings (SSSR count). The summed E-state index contributed by atoms with van der Waals surface area (Å²) in [7, 11) is 4.15. The minimum Gasteiger partial charge on any atom is -0.450 e. The number of cyclic esters (lactones) is 3. The van der Waals surface area contributed by atoms with Gasteiger partial charge in [0.2, 0.25) is 6.10 Å². The summed E-state index contributed by atoms with van der Waals surface area (Å²) in [5, 5.41) is 11.3. The molecule has 0 aromatic carbocycles. The molecule has 0 spiro atoms. The van der Waals surface area contributed by atoms with E-state index in [0.29, 0.717) is 6.42 Å². The standard InChI is InChI=1S/C35H61N3O10/c1-16-22(11)27-30(40)37(14)25(20(7)8)34(44)48-28(35(12,45)17-2)31(41)38(15)24(19(5)6)32(42)46-26(21(9)10)29(39)36(13)23(18(3)4)33(43)47-27/h18-28,45H,16-17H2,1-15H3/t22-,23-,24-,25-,26+,27+,28-,35+/m0/s1. The van der Waals surface area contributed by atoms with Crippen LogP contribution < -0.4 is 0 Å². The first kappa shape index (κ1) is 42.8. The van der Waals surface area contributed by atoms with Crippen LogP contribution in [0.1, 0.15) is 95.9 Å². The van der Waals surface area contributed by atoms with E-state index in [4.69, 9.17) is 14.2 Å². The first-order chi connectivity index (χ1) is 22.0. The Kier molecular flexibility index (Phi) is 15.6. The second-order valence-corrected chi connectivity index (χ2v) is 14.8. The fourth-order valence-corrected chi connectivity index (χ4v) is 5.93. The van der Waals surface area contributed by atoms with E-state index in [0.717, 1.165) is 9.80 Å². The average Bonchev–Trinajstić information content (AvgIpc) is 2.98. The lowest BCUT2D eigenvalue weighted by molar-refractivity contribution is -0.188. The lowest BCUT2D eigenvalue weighted by atomic mass is 9.92. The Morgan fingerprint density at radius 3 is 1.25 bits per heavy atom. The van der Waals surface area contributed by atoms with Crippen molar-refractivity contribution in [2.45, 2.75) is 138 Å². The predicted octanol–water partition coefficient (Wildman–Crippen LogP) is 3.05. The van der Waals surface area contributed by atoms with Gasteiger partial charge in [0, 0.05) is 27.1 Å². The number of carbonyl (C=O) groups is 6. The van der Waals surface area contributed by atoms with Crippen LogP contribution in [0.3, 0.4) is 0 Å². The third-order valence-electron chi connectivity index (χ3n) is 9.39. The topological polar surface area (TPSA) is 160 Å². The van der Waals surface area contributed by atoms with E-state index in [9.17, 15) is 33.9 Å². The zero-order valence-corrected chi connectivity index (χ0v) is 31.7. The molecule has 3 amide bonds. The number of esters is 3. The summed E-state index contributed by atoms with van der Waals surface area (Å²) >= 11 is 0. The summed E-state index contributed by atoms with van der Waals surface area (Å²) in [5.74, 6) is -7.36. The van der Waals surface area contributed by atoms with Crippen molar-refractivity contribution in [2.75, 3.05) is 21.1 Å². The number of likely N-dealkylation sites (N-methyl/N-ethyl adjacent to an activating group) is 3. The fraction of sp³-hybridized carbons (Fsp3) is 0.829. The van der Waals surface area contributed by atoms with E-state index in [1.807, 2.05) is 6.92 Å². The number of rotatable bonds is 8. The van der Waals surface area contributed by atoms with Gasteiger partial charge in [0.15, 0.2) is 12.2 Å². The maximum Gasteiger partial charge on any atom is 0.330 e. The molecule has 1 heterocycles. The van der Waals surface area contributed by atoms with Crippen LogP contribution in [-0.4, -0.2) is 119 Å². The molecule has 1 aliphatic heterocycles. The summed E-state index contributed by atoms with van der Waals surface area (Å²) in [4.78, 5) is 87.2. The summed E-state index contributed by atoms with van der Waals surface area (Å²) in [6.07, 6.45) is -3.97. The lowest BCUT2D eigenvalue weighted by Gasteiger charge is -2.40. The van der Waals surface area contributed by atoms with E-state index >= 15 is 0 Å². The minimum atomic E-state index is -1.86. The SMILES string of the molecule is CC[C@H](C)[C@H]1OC(=O)[C@H](C(C)C)N(C)C(=O)[C@@H](C(C)C)OC(=O)[C@H](C(C)C)N(C)C(=O)[C@@H]([C@](C)(O)CC)OC(=O)[C@H](C(C)C)N(C)C1=O. The second-order valence-electron chi connectivity index (χ2n) is 14.8. The van der Waals surface area contributed by atoms with Gasteiger partial charge in [-0.3, -0.25) is 14.4 Å². The second kappa shape index (κ2) is 17.4. The average molecular weight is 684 g/mol. The van der Waals surface area contributed by atoms with Crippen molar-refractivity contribution in [3.8, 4) is 0 Å². The van der Waals surface area contributed by atoms with Crippen LogP contribution in [0.2, 0.25) is 0 Å². The Morgan fingerprint density at radius 2 is 0.917 bits per heavy atom. The molecule has 0 bridgehead atoms. The monoisotopic (exact) mass is 683 g/mol. The highest BCUT2D eigenvalue weighted by atomic mass is 16.6. The van der Waals surface area contributed by atoms with Crippen LogP contribution in [-0.2, 0) is 43.0 Å². The number of ether oxygens (including phenoxy) is 3. The first-order valence-corrected chi connectivity index (χ1v) is 17.1. The molecule has 1 N–H and O–H groups in total. The molecule has 48 heavy (non-hydrogen) atoms. The number of carbonyl (C=O) groups excluding carboxylic acids is 6. The predicted molar refractivity (Wildman–Crippen MR) is 179 cm³/mol. The van der Waals surface area contributed by atoms with E-state index < -0.39 is 107 Å². The molecular formula is C35H61N3O10. The fourth-order valence-electron chi connectivity index (χ4n) is 5.93. The third-order valence-corrected chi connectivity index (χ3v) is 9.39. The lowest BCUT2D eigenvalue weighted by Crippen LogP contribution is -2.60. The summed E-state index contributed by atoms with van der Waals surface area (Å²) in [5.41, 5.74) is -1.86. The van der Waals surface area contributed by atoms with Crippen molar-refractivity contribution in [2.24, 2.45) is 29.6 Å². The van der Waals surface area contributed by atoms with Crippen LogP contribution in [0.25, 0.3) is 0 Å². The normalized spacial score (nSPS) is 28.4. The number of hydrogen-bond acceptors (Lipinski definition) is 10. The van der Waals surface area contributed by atoms with Crippen LogP contribution in [0, 0.1) is 29.6 Å². The Bertz CT molecular complexity index is 1170. The molecule has 13 heteroatoms. The molecular weight excluding hydrogens is 622 g/mol. The van der Waals surface area contributed by atoms with Crippen LogP contribution in [0.5, 0.6) is 0 Å². The number of nitrogens with zero attached hydrogens (tertiary/aromatic N) is 3. The molecule has 0 unspecified atom stereocenters. The highest BCUT2D eigenvalue weighted by Gasteiger charge is 2.48. The van der Waals surface area contributed by atoms with Gasteiger partial charge < -0.3 is 34.0 Å². The van der Waals surface area contributed by atoms with Gasteiger partial charge in [0.25, 0.3) is 17.7 Å². The van der Waals surface area contributed by atoms with E-state index in [1.165, 1.54) is 33.0 Å². The minimum absolute atomic E-state index is 0.00174. The summed E-state index contributed by atoms with van der Waals surface area (Å²) in [6, 6.07) is -3.62. The molecule has 8 atom stereocenters. The molecule has 1 fully saturated rings. The first-order valence-electron chi connectivity index (χ1n) is 17.1. The van der Waals surface area contributed by atoms with Crippen LogP contribution >= 0.6 is 0 Å². The van der Waals surface area contributed by atoms with Gasteiger partial charge >= 0.3 is 17.9 Å². The van der Waals surface area contributed by atoms with Crippen molar-refractivity contribution in [3.05, 3.63) is 0 Å². The Morgan fingerprint density at radius 1 is 0.583 bits per heavy atom. The highest BCUT2D eigenvalue weighted by molar-refractivity contribution is 5.94. The van der Waals surface area contributed by atoms with Crippen molar-refractivity contribution >= 4 is 35.6 Å². The van der Waals surface area contributed by atoms with Gasteiger partial charge in [0.1, 0.15) is 23.7 Å². The van der Waals surface area contributed by atoms with E-state index in [1.54, 1.807) is 69.2 Å². The Balaban J connectivity index is 4.07. The van der Waals surface area contributed by atoms with Crippen molar-refractivity contribution < 1.29 is 48.1 Å². The number of aliphatic hydroxyl groups is 1. The molecule has 0 radical (unpaired) electrons. The third kappa shape index (κ3) is 9.69. The van der Waals surface area contributed by atoms with E-state index in [2.05, 4.69) is 0 Å². The molecule has 276 valence electrons. The van der Waals surface area contributed by atoms with Crippen LogP contribution in [0.15, 0.2) is 0 Å². The molecule has 0 aromatic heterocycles. The van der Waals surface area contributed by atoms with Gasteiger partial charge in [-0.05, 0) is 43.4 Å². The molecule has 0 saturated carbocycles. The number of amides is 3. The van der Waals surface area contributed by atoms with E-state index in [-0.39, 0.29) is 6.42 Å². The quantitative estimate of drug-likeness (QED) is 0.298.